The van der Waals surface area contributed by atoms with E-state index in [2.05, 4.69) is 56.8 Å². The normalized spacial score (nSPS) is 10.8. The first-order valence-electron chi connectivity index (χ1n) is 7.35. The first-order chi connectivity index (χ1) is 10.2. The fourth-order valence-electron chi connectivity index (χ4n) is 2.09. The van der Waals surface area contributed by atoms with E-state index in [0.717, 1.165) is 42.0 Å². The van der Waals surface area contributed by atoms with E-state index in [-0.39, 0.29) is 0 Å². The Bertz CT molecular complexity index is 568. The second-order valence-electron chi connectivity index (χ2n) is 4.90. The minimum Gasteiger partial charge on any atom is -0.486 e. The first kappa shape index (κ1) is 16.0. The third-order valence-electron chi connectivity index (χ3n) is 3.27. The zero-order chi connectivity index (χ0) is 15.1. The van der Waals surface area contributed by atoms with Gasteiger partial charge >= 0.3 is 0 Å². The summed E-state index contributed by atoms with van der Waals surface area (Å²) in [5, 5.41) is 3.39. The lowest BCUT2D eigenvalue weighted by molar-refractivity contribution is 0.293. The number of rotatable bonds is 8. The molecule has 5 heteroatoms. The van der Waals surface area contributed by atoms with Gasteiger partial charge in [-0.25, -0.2) is 4.98 Å². The summed E-state index contributed by atoms with van der Waals surface area (Å²) in [5.41, 5.74) is 2.33. The molecule has 1 aromatic heterocycles. The van der Waals surface area contributed by atoms with Crippen LogP contribution in [0.15, 0.2) is 35.2 Å². The number of halogens is 1. The predicted molar refractivity (Wildman–Crippen MR) is 88.4 cm³/mol. The molecule has 0 bridgehead atoms. The summed E-state index contributed by atoms with van der Waals surface area (Å²) in [5.74, 6) is 0.859. The number of aromatic nitrogens is 2. The lowest BCUT2D eigenvalue weighted by atomic mass is 10.2. The molecule has 1 aromatic carbocycles. The molecule has 0 saturated heterocycles. The second-order valence-corrected chi connectivity index (χ2v) is 5.76. The van der Waals surface area contributed by atoms with E-state index in [1.165, 1.54) is 5.56 Å². The smallest absolute Gasteiger partial charge is 0.134 e. The van der Waals surface area contributed by atoms with Gasteiger partial charge in [-0.05, 0) is 53.5 Å². The quantitative estimate of drug-likeness (QED) is 0.736. The largest absolute Gasteiger partial charge is 0.486 e. The number of hydrogen-bond donors (Lipinski definition) is 1. The molecule has 2 rings (SSSR count). The molecule has 0 atom stereocenters. The topological polar surface area (TPSA) is 39.1 Å². The molecule has 1 N–H and O–H groups in total. The number of ether oxygens (including phenoxy) is 1. The second kappa shape index (κ2) is 8.20. The highest BCUT2D eigenvalue weighted by Crippen LogP contribution is 2.26. The molecule has 0 aliphatic rings. The number of nitrogens with one attached hydrogen (secondary N) is 1. The molecule has 4 nitrogen and oxygen atoms in total. The van der Waals surface area contributed by atoms with Crippen LogP contribution >= 0.6 is 15.9 Å². The zero-order valence-corrected chi connectivity index (χ0v) is 14.2. The third-order valence-corrected chi connectivity index (χ3v) is 3.89. The van der Waals surface area contributed by atoms with Crippen LogP contribution in [0.2, 0.25) is 0 Å². The highest BCUT2D eigenvalue weighted by atomic mass is 79.9. The fraction of sp³-hybridized carbons (Fsp3) is 0.438. The molecule has 0 saturated carbocycles. The van der Waals surface area contributed by atoms with Crippen LogP contribution in [-0.2, 0) is 19.7 Å². The van der Waals surface area contributed by atoms with Gasteiger partial charge in [0.15, 0.2) is 0 Å². The Morgan fingerprint density at radius 2 is 2.19 bits per heavy atom. The van der Waals surface area contributed by atoms with E-state index in [0.29, 0.717) is 6.61 Å². The highest BCUT2D eigenvalue weighted by Gasteiger charge is 2.05. The lowest BCUT2D eigenvalue weighted by Crippen LogP contribution is -2.13. The summed E-state index contributed by atoms with van der Waals surface area (Å²) in [6, 6.07) is 6.22. The first-order valence-corrected chi connectivity index (χ1v) is 8.14. The number of aryl methyl sites for hydroxylation is 1. The van der Waals surface area contributed by atoms with Crippen molar-refractivity contribution < 1.29 is 4.74 Å². The van der Waals surface area contributed by atoms with Crippen molar-refractivity contribution >= 4 is 15.9 Å². The van der Waals surface area contributed by atoms with Crippen LogP contribution in [0.4, 0.5) is 0 Å². The van der Waals surface area contributed by atoms with E-state index >= 15 is 0 Å². The van der Waals surface area contributed by atoms with E-state index in [1.807, 2.05) is 18.6 Å². The van der Waals surface area contributed by atoms with Crippen molar-refractivity contribution in [2.75, 3.05) is 6.54 Å². The Morgan fingerprint density at radius 3 is 2.90 bits per heavy atom. The maximum absolute atomic E-state index is 5.88. The third kappa shape index (κ3) is 4.58. The van der Waals surface area contributed by atoms with Gasteiger partial charge in [-0.1, -0.05) is 13.0 Å². The van der Waals surface area contributed by atoms with Gasteiger partial charge in [0.2, 0.25) is 0 Å². The number of imidazole rings is 1. The molecule has 21 heavy (non-hydrogen) atoms. The van der Waals surface area contributed by atoms with E-state index < -0.39 is 0 Å². The average molecular weight is 352 g/mol. The van der Waals surface area contributed by atoms with Crippen molar-refractivity contribution in [3.63, 3.8) is 0 Å². The number of nitrogens with zero attached hydrogens (tertiary/aromatic N) is 2. The van der Waals surface area contributed by atoms with Crippen molar-refractivity contribution in [2.45, 2.75) is 40.0 Å². The van der Waals surface area contributed by atoms with E-state index in [9.17, 15) is 0 Å². The Labute approximate surface area is 134 Å². The van der Waals surface area contributed by atoms with Gasteiger partial charge in [0, 0.05) is 13.1 Å². The standard InChI is InChI=1S/C16H22BrN3O/c1-3-7-18-9-13-5-6-16(15(17)8-13)21-11-14-10-19-12-20(14)4-2/h5-6,8,10,12,18H,3-4,7,9,11H2,1-2H3. The van der Waals surface area contributed by atoms with Crippen molar-refractivity contribution in [3.05, 3.63) is 46.5 Å². The van der Waals surface area contributed by atoms with Crippen molar-refractivity contribution in [1.82, 2.24) is 14.9 Å². The summed E-state index contributed by atoms with van der Waals surface area (Å²) in [6.07, 6.45) is 4.82. The Kier molecular flexibility index (Phi) is 6.26. The van der Waals surface area contributed by atoms with Crippen LogP contribution < -0.4 is 10.1 Å². The maximum atomic E-state index is 5.88. The van der Waals surface area contributed by atoms with Gasteiger partial charge < -0.3 is 14.6 Å². The van der Waals surface area contributed by atoms with Crippen molar-refractivity contribution in [3.8, 4) is 5.75 Å². The van der Waals surface area contributed by atoms with Crippen molar-refractivity contribution in [1.29, 1.82) is 0 Å². The maximum Gasteiger partial charge on any atom is 0.134 e. The molecule has 0 radical (unpaired) electrons. The van der Waals surface area contributed by atoms with Crippen LogP contribution in [0.5, 0.6) is 5.75 Å². The van der Waals surface area contributed by atoms with Crippen LogP contribution in [0.1, 0.15) is 31.5 Å². The summed E-state index contributed by atoms with van der Waals surface area (Å²) >= 11 is 3.58. The monoisotopic (exact) mass is 351 g/mol. The van der Waals surface area contributed by atoms with E-state index in [4.69, 9.17) is 4.74 Å². The fourth-order valence-corrected chi connectivity index (χ4v) is 2.63. The molecule has 0 amide bonds. The minimum absolute atomic E-state index is 0.528. The molecule has 0 fully saturated rings. The molecular weight excluding hydrogens is 330 g/mol. The highest BCUT2D eigenvalue weighted by molar-refractivity contribution is 9.10. The minimum atomic E-state index is 0.528. The Morgan fingerprint density at radius 1 is 1.33 bits per heavy atom. The number of benzene rings is 1. The zero-order valence-electron chi connectivity index (χ0n) is 12.6. The van der Waals surface area contributed by atoms with Gasteiger partial charge in [0.05, 0.1) is 22.7 Å². The molecule has 0 aliphatic heterocycles. The summed E-state index contributed by atoms with van der Waals surface area (Å²) in [6.45, 7) is 7.62. The lowest BCUT2D eigenvalue weighted by Gasteiger charge is -2.11. The molecule has 0 spiro atoms. The summed E-state index contributed by atoms with van der Waals surface area (Å²) in [7, 11) is 0. The Hall–Kier alpha value is -1.33. The van der Waals surface area contributed by atoms with Crippen LogP contribution in [0, 0.1) is 0 Å². The molecule has 1 heterocycles. The SMILES string of the molecule is CCCNCc1ccc(OCc2cncn2CC)c(Br)c1. The molecule has 114 valence electrons. The molecule has 0 aliphatic carbocycles. The van der Waals surface area contributed by atoms with Crippen LogP contribution in [0.25, 0.3) is 0 Å². The van der Waals surface area contributed by atoms with E-state index in [1.54, 1.807) is 0 Å². The molecule has 0 unspecified atom stereocenters. The van der Waals surface area contributed by atoms with Gasteiger partial charge in [-0.2, -0.15) is 0 Å². The van der Waals surface area contributed by atoms with Gasteiger partial charge in [0.25, 0.3) is 0 Å². The number of hydrogen-bond acceptors (Lipinski definition) is 3. The van der Waals surface area contributed by atoms with Gasteiger partial charge in [-0.15, -0.1) is 0 Å². The molecular formula is C16H22BrN3O. The van der Waals surface area contributed by atoms with Crippen LogP contribution in [0.3, 0.4) is 0 Å². The van der Waals surface area contributed by atoms with Gasteiger partial charge in [-0.3, -0.25) is 0 Å². The summed E-state index contributed by atoms with van der Waals surface area (Å²) < 4.78 is 8.94. The average Bonchev–Trinajstić information content (AvgIpc) is 2.94. The van der Waals surface area contributed by atoms with Gasteiger partial charge in [0.1, 0.15) is 12.4 Å². The van der Waals surface area contributed by atoms with Crippen LogP contribution in [-0.4, -0.2) is 16.1 Å². The summed E-state index contributed by atoms with van der Waals surface area (Å²) in [4.78, 5) is 4.15. The predicted octanol–water partition coefficient (Wildman–Crippen LogP) is 3.74. The molecule has 2 aromatic rings. The van der Waals surface area contributed by atoms with Crippen molar-refractivity contribution in [2.24, 2.45) is 0 Å². The Balaban J connectivity index is 1.94.